The van der Waals surface area contributed by atoms with E-state index in [0.717, 1.165) is 64.4 Å². The lowest BCUT2D eigenvalue weighted by atomic mass is 10.0. The van der Waals surface area contributed by atoms with Crippen molar-refractivity contribution in [2.75, 3.05) is 14.1 Å². The van der Waals surface area contributed by atoms with Crippen molar-refractivity contribution in [1.82, 2.24) is 24.0 Å². The van der Waals surface area contributed by atoms with Crippen LogP contribution in [0.1, 0.15) is 45.9 Å². The molecule has 0 bridgehead atoms. The molecule has 0 radical (unpaired) electrons. The molecular weight excluding hydrogens is 614 g/mol. The number of thioether (sulfide) groups is 1. The Morgan fingerprint density at radius 2 is 1.50 bits per heavy atom. The number of benzene rings is 3. The van der Waals surface area contributed by atoms with Gasteiger partial charge in [0.2, 0.25) is 0 Å². The van der Waals surface area contributed by atoms with E-state index in [9.17, 15) is 22.4 Å². The van der Waals surface area contributed by atoms with E-state index in [1.807, 2.05) is 44.6 Å². The van der Waals surface area contributed by atoms with E-state index in [1.165, 1.54) is 36.0 Å². The van der Waals surface area contributed by atoms with Crippen LogP contribution in [0.2, 0.25) is 0 Å². The fourth-order valence-corrected chi connectivity index (χ4v) is 6.76. The van der Waals surface area contributed by atoms with Gasteiger partial charge in [-0.2, -0.15) is 18.2 Å². The third kappa shape index (κ3) is 7.10. The highest BCUT2D eigenvalue weighted by Gasteiger charge is 2.30. The summed E-state index contributed by atoms with van der Waals surface area (Å²) in [5.74, 6) is 1.07. The van der Waals surface area contributed by atoms with Crippen LogP contribution >= 0.6 is 11.8 Å². The molecule has 238 valence electrons. The molecular formula is C35H33F4N5OS. The topological polar surface area (TPSA) is 56.0 Å². The Labute approximate surface area is 268 Å². The van der Waals surface area contributed by atoms with Gasteiger partial charge in [0.15, 0.2) is 5.16 Å². The number of halogens is 4. The van der Waals surface area contributed by atoms with Gasteiger partial charge in [-0.25, -0.2) is 9.37 Å². The van der Waals surface area contributed by atoms with Crippen LogP contribution in [0.15, 0.2) is 88.9 Å². The van der Waals surface area contributed by atoms with Crippen molar-refractivity contribution in [2.24, 2.45) is 0 Å². The van der Waals surface area contributed by atoms with Gasteiger partial charge in [0.1, 0.15) is 11.6 Å². The summed E-state index contributed by atoms with van der Waals surface area (Å²) in [6, 6.07) is 19.3. The van der Waals surface area contributed by atoms with E-state index >= 15 is 0 Å². The van der Waals surface area contributed by atoms with Crippen molar-refractivity contribution >= 4 is 11.8 Å². The van der Waals surface area contributed by atoms with Gasteiger partial charge in [-0.05, 0) is 79.9 Å². The third-order valence-electron chi connectivity index (χ3n) is 8.12. The second-order valence-corrected chi connectivity index (χ2v) is 12.7. The number of hydrogen-bond acceptors (Lipinski definition) is 5. The van der Waals surface area contributed by atoms with Crippen LogP contribution in [0, 0.1) is 5.82 Å². The average molecular weight is 648 g/mol. The minimum Gasteiger partial charge on any atom is -0.325 e. The summed E-state index contributed by atoms with van der Waals surface area (Å²) < 4.78 is 56.8. The largest absolute Gasteiger partial charge is 0.416 e. The molecule has 0 aliphatic heterocycles. The molecule has 5 aromatic rings. The molecule has 0 fully saturated rings. The molecule has 0 N–H and O–H groups in total. The van der Waals surface area contributed by atoms with Crippen LogP contribution < -0.4 is 5.56 Å². The summed E-state index contributed by atoms with van der Waals surface area (Å²) in [5, 5.41) is 0.611. The minimum absolute atomic E-state index is 0.185. The van der Waals surface area contributed by atoms with Crippen LogP contribution in [-0.4, -0.2) is 38.1 Å². The molecule has 2 aromatic heterocycles. The Bertz CT molecular complexity index is 1880. The fourth-order valence-electron chi connectivity index (χ4n) is 5.79. The number of imidazole rings is 1. The lowest BCUT2D eigenvalue weighted by molar-refractivity contribution is -0.137. The second kappa shape index (κ2) is 13.3. The molecule has 6 rings (SSSR count). The van der Waals surface area contributed by atoms with Crippen LogP contribution in [0.5, 0.6) is 0 Å². The summed E-state index contributed by atoms with van der Waals surface area (Å²) in [5.41, 5.74) is 5.41. The van der Waals surface area contributed by atoms with Crippen molar-refractivity contribution < 1.29 is 17.6 Å². The van der Waals surface area contributed by atoms with E-state index < -0.39 is 11.7 Å². The molecule has 0 unspecified atom stereocenters. The Hall–Kier alpha value is -4.22. The van der Waals surface area contributed by atoms with E-state index in [-0.39, 0.29) is 11.4 Å². The lowest BCUT2D eigenvalue weighted by Gasteiger charge is -2.19. The molecule has 3 aromatic carbocycles. The zero-order valence-corrected chi connectivity index (χ0v) is 26.3. The van der Waals surface area contributed by atoms with Crippen LogP contribution in [-0.2, 0) is 44.4 Å². The first-order valence-corrected chi connectivity index (χ1v) is 16.0. The van der Waals surface area contributed by atoms with Gasteiger partial charge in [-0.1, -0.05) is 60.3 Å². The van der Waals surface area contributed by atoms with E-state index in [4.69, 9.17) is 4.98 Å². The molecule has 11 heteroatoms. The summed E-state index contributed by atoms with van der Waals surface area (Å²) in [7, 11) is 4.00. The first-order chi connectivity index (χ1) is 22.0. The number of rotatable bonds is 10. The van der Waals surface area contributed by atoms with Gasteiger partial charge in [0.05, 0.1) is 17.8 Å². The van der Waals surface area contributed by atoms with E-state index in [0.29, 0.717) is 42.5 Å². The SMILES string of the molecule is CN(C)Cc1cnc(Cn2c(SCc3ccc(F)cc3)nc(=O)c3c2CCC3)n1Cc1ccc(-c2ccc(C(F)(F)F)cc2)cc1. The third-order valence-corrected chi connectivity index (χ3v) is 9.17. The Kier molecular flexibility index (Phi) is 9.15. The van der Waals surface area contributed by atoms with Gasteiger partial charge in [-0.15, -0.1) is 0 Å². The number of aromatic nitrogens is 4. The summed E-state index contributed by atoms with van der Waals surface area (Å²) in [6.45, 7) is 1.64. The van der Waals surface area contributed by atoms with Crippen LogP contribution in [0.3, 0.4) is 0 Å². The molecule has 6 nitrogen and oxygen atoms in total. The molecule has 2 heterocycles. The standard InChI is InChI=1S/C35H33F4N5OS/c1-42(2)20-29-18-40-32(43(29)19-23-6-10-25(11-7-23)26-12-14-27(15-13-26)35(37,38)39)21-44-31-5-3-4-30(31)33(45)41-34(44)46-22-24-8-16-28(36)17-9-24/h6-18H,3-5,19-22H2,1-2H3. The van der Waals surface area contributed by atoms with E-state index in [2.05, 4.69) is 19.0 Å². The number of nitrogens with zero attached hydrogens (tertiary/aromatic N) is 5. The predicted octanol–water partition coefficient (Wildman–Crippen LogP) is 7.20. The number of hydrogen-bond donors (Lipinski definition) is 0. The van der Waals surface area contributed by atoms with Gasteiger partial charge >= 0.3 is 6.18 Å². The van der Waals surface area contributed by atoms with Crippen LogP contribution in [0.4, 0.5) is 17.6 Å². The second-order valence-electron chi connectivity index (χ2n) is 11.7. The smallest absolute Gasteiger partial charge is 0.325 e. The highest BCUT2D eigenvalue weighted by molar-refractivity contribution is 7.98. The number of fused-ring (bicyclic) bond motifs is 1. The highest BCUT2D eigenvalue weighted by atomic mass is 32.2. The summed E-state index contributed by atoms with van der Waals surface area (Å²) >= 11 is 1.46. The van der Waals surface area contributed by atoms with Gasteiger partial charge in [-0.3, -0.25) is 4.79 Å². The molecule has 0 saturated heterocycles. The Morgan fingerprint density at radius 3 is 2.15 bits per heavy atom. The monoisotopic (exact) mass is 647 g/mol. The quantitative estimate of drug-likeness (QED) is 0.0912. The molecule has 1 aliphatic carbocycles. The van der Waals surface area contributed by atoms with Crippen molar-refractivity contribution in [2.45, 2.75) is 56.0 Å². The fraction of sp³-hybridized carbons (Fsp3) is 0.286. The maximum absolute atomic E-state index is 13.5. The molecule has 0 saturated carbocycles. The normalized spacial score (nSPS) is 13.0. The summed E-state index contributed by atoms with van der Waals surface area (Å²) in [4.78, 5) is 24.4. The molecule has 0 amide bonds. The predicted molar refractivity (Wildman–Crippen MR) is 171 cm³/mol. The zero-order valence-electron chi connectivity index (χ0n) is 25.5. The molecule has 0 atom stereocenters. The van der Waals surface area contributed by atoms with Crippen molar-refractivity contribution in [1.29, 1.82) is 0 Å². The van der Waals surface area contributed by atoms with Gasteiger partial charge < -0.3 is 14.0 Å². The molecule has 46 heavy (non-hydrogen) atoms. The maximum atomic E-state index is 13.5. The highest BCUT2D eigenvalue weighted by Crippen LogP contribution is 2.31. The average Bonchev–Trinajstić information content (AvgIpc) is 3.66. The maximum Gasteiger partial charge on any atom is 0.416 e. The lowest BCUT2D eigenvalue weighted by Crippen LogP contribution is -2.24. The van der Waals surface area contributed by atoms with Crippen molar-refractivity contribution in [3.05, 3.63) is 135 Å². The first kappa shape index (κ1) is 31.7. The first-order valence-electron chi connectivity index (χ1n) is 15.0. The zero-order chi connectivity index (χ0) is 32.4. The minimum atomic E-state index is -4.37. The van der Waals surface area contributed by atoms with Gasteiger partial charge in [0, 0.05) is 36.3 Å². The number of alkyl halides is 3. The molecule has 0 spiro atoms. The van der Waals surface area contributed by atoms with Crippen LogP contribution in [0.25, 0.3) is 11.1 Å². The van der Waals surface area contributed by atoms with Crippen molar-refractivity contribution in [3.8, 4) is 11.1 Å². The van der Waals surface area contributed by atoms with E-state index in [1.54, 1.807) is 12.1 Å². The summed E-state index contributed by atoms with van der Waals surface area (Å²) in [6.07, 6.45) is -0.108. The molecule has 1 aliphatic rings. The Morgan fingerprint density at radius 1 is 0.848 bits per heavy atom. The van der Waals surface area contributed by atoms with Crippen molar-refractivity contribution in [3.63, 3.8) is 0 Å². The Balaban J connectivity index is 1.29. The van der Waals surface area contributed by atoms with Gasteiger partial charge in [0.25, 0.3) is 5.56 Å².